The molecule has 2 nitrogen and oxygen atoms in total. The van der Waals surface area contributed by atoms with Crippen molar-refractivity contribution in [1.29, 1.82) is 0 Å². The van der Waals surface area contributed by atoms with E-state index in [9.17, 15) is 4.79 Å². The second-order valence-electron chi connectivity index (χ2n) is 7.55. The minimum Gasteiger partial charge on any atom is -0.466 e. The first kappa shape index (κ1) is 13.2. The lowest BCUT2D eigenvalue weighted by Gasteiger charge is -2.49. The van der Waals surface area contributed by atoms with Gasteiger partial charge in [0.1, 0.15) is 0 Å². The molecular formula is C17H26O2. The van der Waals surface area contributed by atoms with Crippen LogP contribution >= 0.6 is 0 Å². The monoisotopic (exact) mass is 262 g/mol. The Kier molecular flexibility index (Phi) is 2.85. The lowest BCUT2D eigenvalue weighted by atomic mass is 9.56. The zero-order valence-corrected chi connectivity index (χ0v) is 12.5. The van der Waals surface area contributed by atoms with Crippen LogP contribution in [-0.2, 0) is 9.53 Å². The maximum absolute atomic E-state index is 11.1. The minimum atomic E-state index is -0.135. The summed E-state index contributed by atoms with van der Waals surface area (Å²) in [6.07, 6.45) is 6.44. The lowest BCUT2D eigenvalue weighted by molar-refractivity contribution is -0.143. The molecule has 0 aromatic heterocycles. The third-order valence-corrected chi connectivity index (χ3v) is 6.65. The Morgan fingerprint density at radius 1 is 1.37 bits per heavy atom. The van der Waals surface area contributed by atoms with E-state index in [0.717, 1.165) is 5.92 Å². The second kappa shape index (κ2) is 4.10. The number of esters is 1. The average Bonchev–Trinajstić information content (AvgIpc) is 2.90. The fourth-order valence-electron chi connectivity index (χ4n) is 5.34. The second-order valence-corrected chi connectivity index (χ2v) is 7.55. The van der Waals surface area contributed by atoms with Gasteiger partial charge in [-0.1, -0.05) is 26.0 Å². The summed E-state index contributed by atoms with van der Waals surface area (Å²) < 4.78 is 5.34. The lowest BCUT2D eigenvalue weighted by Crippen LogP contribution is -2.42. The summed E-state index contributed by atoms with van der Waals surface area (Å²) in [6, 6.07) is 0. The summed E-state index contributed by atoms with van der Waals surface area (Å²) in [5.74, 6) is 1.89. The fourth-order valence-corrected chi connectivity index (χ4v) is 5.34. The molecule has 0 radical (unpaired) electrons. The zero-order chi connectivity index (χ0) is 13.8. The third kappa shape index (κ3) is 1.71. The molecule has 1 spiro atoms. The third-order valence-electron chi connectivity index (χ3n) is 6.65. The van der Waals surface area contributed by atoms with E-state index < -0.39 is 0 Å². The molecule has 0 saturated heterocycles. The smallest absolute Gasteiger partial charge is 0.302 e. The molecule has 0 amide bonds. The minimum absolute atomic E-state index is 0.135. The number of carbonyl (C=O) groups is 1. The van der Waals surface area contributed by atoms with Crippen LogP contribution in [0.3, 0.4) is 0 Å². The van der Waals surface area contributed by atoms with Crippen LogP contribution in [0.1, 0.15) is 52.9 Å². The van der Waals surface area contributed by atoms with Crippen molar-refractivity contribution in [3.63, 3.8) is 0 Å². The van der Waals surface area contributed by atoms with Gasteiger partial charge in [0.05, 0.1) is 6.61 Å². The average molecular weight is 262 g/mol. The molecule has 3 fully saturated rings. The number of fused-ring (bicyclic) bond motifs is 1. The van der Waals surface area contributed by atoms with Crippen LogP contribution in [0.5, 0.6) is 0 Å². The van der Waals surface area contributed by atoms with Gasteiger partial charge in [0.15, 0.2) is 0 Å². The fraction of sp³-hybridized carbons (Fsp3) is 0.824. The standard InChI is InChI=1S/C17H26O2/c1-11-15-6-5-14(10-19-12(2)18)17(15)8-7-13(9-17)16(11,3)4/h13-15H,1,5-10H2,2-4H3/t13-,14-,15?,17+/m1/s1. The Balaban J connectivity index is 1.86. The molecule has 2 heteroatoms. The van der Waals surface area contributed by atoms with Gasteiger partial charge >= 0.3 is 5.97 Å². The summed E-state index contributed by atoms with van der Waals surface area (Å²) in [4.78, 5) is 11.1. The highest BCUT2D eigenvalue weighted by Gasteiger charge is 2.62. The van der Waals surface area contributed by atoms with Crippen LogP contribution in [0.2, 0.25) is 0 Å². The van der Waals surface area contributed by atoms with Crippen LogP contribution in [0, 0.1) is 28.6 Å². The van der Waals surface area contributed by atoms with E-state index in [2.05, 4.69) is 20.4 Å². The normalized spacial score (nSPS) is 43.1. The molecule has 0 N–H and O–H groups in total. The molecule has 3 saturated carbocycles. The van der Waals surface area contributed by atoms with E-state index in [0.29, 0.717) is 29.3 Å². The van der Waals surface area contributed by atoms with Crippen molar-refractivity contribution in [3.8, 4) is 0 Å². The topological polar surface area (TPSA) is 26.3 Å². The molecule has 2 bridgehead atoms. The molecule has 1 unspecified atom stereocenters. The highest BCUT2D eigenvalue weighted by atomic mass is 16.5. The Bertz CT molecular complexity index is 423. The highest BCUT2D eigenvalue weighted by Crippen LogP contribution is 2.70. The number of ether oxygens (including phenoxy) is 1. The molecular weight excluding hydrogens is 236 g/mol. The molecule has 0 aromatic rings. The van der Waals surface area contributed by atoms with Crippen LogP contribution < -0.4 is 0 Å². The van der Waals surface area contributed by atoms with Crippen molar-refractivity contribution < 1.29 is 9.53 Å². The summed E-state index contributed by atoms with van der Waals surface area (Å²) >= 11 is 0. The molecule has 106 valence electrons. The largest absolute Gasteiger partial charge is 0.466 e. The highest BCUT2D eigenvalue weighted by molar-refractivity contribution is 5.65. The number of carbonyl (C=O) groups excluding carboxylic acids is 1. The summed E-state index contributed by atoms with van der Waals surface area (Å²) in [5, 5.41) is 0. The number of allylic oxidation sites excluding steroid dienone is 1. The van der Waals surface area contributed by atoms with Gasteiger partial charge in [0, 0.05) is 6.92 Å². The predicted molar refractivity (Wildman–Crippen MR) is 75.5 cm³/mol. The van der Waals surface area contributed by atoms with E-state index in [4.69, 9.17) is 4.74 Å². The molecule has 0 aliphatic heterocycles. The predicted octanol–water partition coefficient (Wildman–Crippen LogP) is 3.96. The molecule has 19 heavy (non-hydrogen) atoms. The molecule has 3 rings (SSSR count). The quantitative estimate of drug-likeness (QED) is 0.556. The van der Waals surface area contributed by atoms with Gasteiger partial charge < -0.3 is 4.74 Å². The van der Waals surface area contributed by atoms with E-state index in [-0.39, 0.29) is 5.97 Å². The maximum Gasteiger partial charge on any atom is 0.302 e. The van der Waals surface area contributed by atoms with Gasteiger partial charge in [-0.2, -0.15) is 0 Å². The van der Waals surface area contributed by atoms with Crippen LogP contribution in [0.15, 0.2) is 12.2 Å². The van der Waals surface area contributed by atoms with Gasteiger partial charge in [-0.25, -0.2) is 0 Å². The first-order chi connectivity index (χ1) is 8.88. The summed E-state index contributed by atoms with van der Waals surface area (Å²) in [5.41, 5.74) is 2.19. The van der Waals surface area contributed by atoms with Gasteiger partial charge in [0.2, 0.25) is 0 Å². The Morgan fingerprint density at radius 3 is 2.79 bits per heavy atom. The molecule has 3 aliphatic carbocycles. The Morgan fingerprint density at radius 2 is 2.11 bits per heavy atom. The Labute approximate surface area is 116 Å². The van der Waals surface area contributed by atoms with Gasteiger partial charge in [-0.3, -0.25) is 4.79 Å². The summed E-state index contributed by atoms with van der Waals surface area (Å²) in [7, 11) is 0. The molecule has 4 atom stereocenters. The van der Waals surface area contributed by atoms with Crippen molar-refractivity contribution in [2.24, 2.45) is 28.6 Å². The van der Waals surface area contributed by atoms with E-state index in [1.165, 1.54) is 44.6 Å². The van der Waals surface area contributed by atoms with Crippen LogP contribution in [-0.4, -0.2) is 12.6 Å². The van der Waals surface area contributed by atoms with E-state index >= 15 is 0 Å². The van der Waals surface area contributed by atoms with Gasteiger partial charge in [-0.05, 0) is 60.7 Å². The first-order valence-electron chi connectivity index (χ1n) is 7.70. The van der Waals surface area contributed by atoms with E-state index in [1.807, 2.05) is 0 Å². The van der Waals surface area contributed by atoms with Crippen molar-refractivity contribution in [2.45, 2.75) is 52.9 Å². The van der Waals surface area contributed by atoms with Crippen LogP contribution in [0.4, 0.5) is 0 Å². The van der Waals surface area contributed by atoms with E-state index in [1.54, 1.807) is 0 Å². The summed E-state index contributed by atoms with van der Waals surface area (Å²) in [6.45, 7) is 11.4. The van der Waals surface area contributed by atoms with Crippen molar-refractivity contribution in [1.82, 2.24) is 0 Å². The molecule has 3 aliphatic rings. The number of rotatable bonds is 2. The zero-order valence-electron chi connectivity index (χ0n) is 12.5. The molecule has 0 aromatic carbocycles. The number of hydrogen-bond acceptors (Lipinski definition) is 2. The first-order valence-corrected chi connectivity index (χ1v) is 7.70. The van der Waals surface area contributed by atoms with Crippen molar-refractivity contribution in [3.05, 3.63) is 12.2 Å². The van der Waals surface area contributed by atoms with Gasteiger partial charge in [0.25, 0.3) is 0 Å². The van der Waals surface area contributed by atoms with Crippen molar-refractivity contribution >= 4 is 5.97 Å². The van der Waals surface area contributed by atoms with Crippen molar-refractivity contribution in [2.75, 3.05) is 6.61 Å². The molecule has 0 heterocycles. The van der Waals surface area contributed by atoms with Gasteiger partial charge in [-0.15, -0.1) is 0 Å². The van der Waals surface area contributed by atoms with Crippen LogP contribution in [0.25, 0.3) is 0 Å². The SMILES string of the molecule is C=C1C2CC[C@H](COC(C)=O)[C@@]23CC[C@H](C3)C1(C)C. The maximum atomic E-state index is 11.1. The Hall–Kier alpha value is -0.790. The number of hydrogen-bond donors (Lipinski definition) is 0.